The lowest BCUT2D eigenvalue weighted by atomic mass is 9.88. The van der Waals surface area contributed by atoms with E-state index in [-0.39, 0.29) is 24.6 Å². The van der Waals surface area contributed by atoms with Crippen LogP contribution in [0.15, 0.2) is 47.1 Å². The zero-order valence-electron chi connectivity index (χ0n) is 14.7. The van der Waals surface area contributed by atoms with Crippen LogP contribution in [0.5, 0.6) is 0 Å². The number of hydrogen-bond acceptors (Lipinski definition) is 5. The van der Waals surface area contributed by atoms with Crippen LogP contribution >= 0.6 is 0 Å². The largest absolute Gasteiger partial charge is 0.458 e. The molecule has 2 atom stereocenters. The lowest BCUT2D eigenvalue weighted by Crippen LogP contribution is -2.18. The van der Waals surface area contributed by atoms with Gasteiger partial charge in [0.25, 0.3) is 0 Å². The Morgan fingerprint density at radius 3 is 2.84 bits per heavy atom. The molecule has 5 heteroatoms. The highest BCUT2D eigenvalue weighted by Crippen LogP contribution is 2.34. The average Bonchev–Trinajstić information content (AvgIpc) is 2.82. The summed E-state index contributed by atoms with van der Waals surface area (Å²) < 4.78 is 10.6. The molecule has 0 aromatic heterocycles. The summed E-state index contributed by atoms with van der Waals surface area (Å²) in [6.07, 6.45) is 8.12. The van der Waals surface area contributed by atoms with Crippen molar-refractivity contribution in [1.29, 1.82) is 0 Å². The Morgan fingerprint density at radius 2 is 2.16 bits per heavy atom. The predicted octanol–water partition coefficient (Wildman–Crippen LogP) is 3.22. The second kappa shape index (κ2) is 8.60. The van der Waals surface area contributed by atoms with Crippen molar-refractivity contribution >= 4 is 18.2 Å². The van der Waals surface area contributed by atoms with E-state index in [2.05, 4.69) is 6.58 Å². The normalized spacial score (nSPS) is 27.8. The van der Waals surface area contributed by atoms with E-state index in [1.54, 1.807) is 0 Å². The highest BCUT2D eigenvalue weighted by atomic mass is 16.6. The lowest BCUT2D eigenvalue weighted by molar-refractivity contribution is -0.139. The van der Waals surface area contributed by atoms with Crippen LogP contribution in [0.2, 0.25) is 0 Å². The highest BCUT2D eigenvalue weighted by Gasteiger charge is 2.38. The van der Waals surface area contributed by atoms with Gasteiger partial charge in [0.15, 0.2) is 0 Å². The van der Waals surface area contributed by atoms with Crippen molar-refractivity contribution in [3.8, 4) is 0 Å². The Bertz CT molecular complexity index is 662. The van der Waals surface area contributed by atoms with E-state index in [1.807, 2.05) is 26.0 Å². The number of hydrogen-bond donors (Lipinski definition) is 0. The van der Waals surface area contributed by atoms with Gasteiger partial charge in [-0.1, -0.05) is 24.3 Å². The van der Waals surface area contributed by atoms with Crippen molar-refractivity contribution in [2.75, 3.05) is 6.61 Å². The molecule has 1 aliphatic heterocycles. The minimum Gasteiger partial charge on any atom is -0.458 e. The van der Waals surface area contributed by atoms with Gasteiger partial charge in [0.05, 0.1) is 0 Å². The van der Waals surface area contributed by atoms with Crippen molar-refractivity contribution in [3.63, 3.8) is 0 Å². The Balaban J connectivity index is 2.13. The Labute approximate surface area is 148 Å². The monoisotopic (exact) mass is 344 g/mol. The Kier molecular flexibility index (Phi) is 6.51. The summed E-state index contributed by atoms with van der Waals surface area (Å²) in [5.74, 6) is -0.925. The number of rotatable bonds is 4. The van der Waals surface area contributed by atoms with Crippen LogP contribution in [0, 0.1) is 5.92 Å². The van der Waals surface area contributed by atoms with E-state index in [4.69, 9.17) is 9.47 Å². The quantitative estimate of drug-likeness (QED) is 0.339. The maximum atomic E-state index is 11.8. The summed E-state index contributed by atoms with van der Waals surface area (Å²) in [5.41, 5.74) is 2.90. The third-order valence-electron chi connectivity index (χ3n) is 4.34. The van der Waals surface area contributed by atoms with Crippen LogP contribution in [0.25, 0.3) is 0 Å². The zero-order valence-corrected chi connectivity index (χ0v) is 14.7. The van der Waals surface area contributed by atoms with Gasteiger partial charge in [0, 0.05) is 24.0 Å². The molecule has 0 amide bonds. The average molecular weight is 344 g/mol. The molecule has 5 nitrogen and oxygen atoms in total. The van der Waals surface area contributed by atoms with Crippen LogP contribution in [0.1, 0.15) is 39.5 Å². The fourth-order valence-corrected chi connectivity index (χ4v) is 2.97. The fraction of sp³-hybridized carbons (Fsp3) is 0.450. The van der Waals surface area contributed by atoms with E-state index in [1.165, 1.54) is 6.08 Å². The van der Waals surface area contributed by atoms with Crippen molar-refractivity contribution in [3.05, 3.63) is 47.1 Å². The standard InChI is InChI=1S/C20H24O5/c1-13(2)9-19(22)24-12-15-5-4-6-16(11-21)10-18-17(8-7-15)14(3)20(23)25-18/h6-7,9,11,17-18H,3-5,8,10,12H2,1-2H3/b15-7+,16-6+/t17-,18+/m1/s1. The summed E-state index contributed by atoms with van der Waals surface area (Å²) in [6.45, 7) is 7.69. The molecule has 0 aromatic carbocycles. The lowest BCUT2D eigenvalue weighted by Gasteiger charge is -2.18. The van der Waals surface area contributed by atoms with Crippen LogP contribution in [-0.2, 0) is 23.9 Å². The second-order valence-corrected chi connectivity index (χ2v) is 6.64. The van der Waals surface area contributed by atoms with Crippen LogP contribution < -0.4 is 0 Å². The molecule has 1 saturated heterocycles. The van der Waals surface area contributed by atoms with Crippen LogP contribution in [0.3, 0.4) is 0 Å². The van der Waals surface area contributed by atoms with E-state index in [9.17, 15) is 14.4 Å². The van der Waals surface area contributed by atoms with Gasteiger partial charge in [-0.25, -0.2) is 9.59 Å². The van der Waals surface area contributed by atoms with E-state index < -0.39 is 5.97 Å². The molecule has 0 radical (unpaired) electrons. The van der Waals surface area contributed by atoms with Crippen molar-refractivity contribution < 1.29 is 23.9 Å². The minimum absolute atomic E-state index is 0.155. The molecular formula is C20H24O5. The third kappa shape index (κ3) is 5.28. The number of carbonyl (C=O) groups excluding carboxylic acids is 3. The van der Waals surface area contributed by atoms with Gasteiger partial charge >= 0.3 is 11.9 Å². The maximum Gasteiger partial charge on any atom is 0.334 e. The molecule has 0 bridgehead atoms. The SMILES string of the molecule is C=C1C(=O)O[C@H]2C/C(C=O)=C\CC/C(COC(=O)C=C(C)C)=C\C[C@H]12. The first-order valence-electron chi connectivity index (χ1n) is 8.44. The molecule has 0 spiro atoms. The summed E-state index contributed by atoms with van der Waals surface area (Å²) in [6, 6.07) is 0. The summed E-state index contributed by atoms with van der Waals surface area (Å²) >= 11 is 0. The molecule has 25 heavy (non-hydrogen) atoms. The van der Waals surface area contributed by atoms with E-state index in [0.29, 0.717) is 36.8 Å². The topological polar surface area (TPSA) is 69.7 Å². The molecule has 1 aliphatic carbocycles. The van der Waals surface area contributed by atoms with Gasteiger partial charge in [0.2, 0.25) is 0 Å². The van der Waals surface area contributed by atoms with Crippen molar-refractivity contribution in [2.45, 2.75) is 45.6 Å². The first kappa shape index (κ1) is 18.9. The number of allylic oxidation sites excluding steroid dienone is 3. The van der Waals surface area contributed by atoms with Gasteiger partial charge in [-0.05, 0) is 44.3 Å². The molecule has 0 N–H and O–H groups in total. The molecule has 0 aromatic rings. The number of esters is 2. The van der Waals surface area contributed by atoms with Gasteiger partial charge < -0.3 is 9.47 Å². The van der Waals surface area contributed by atoms with Gasteiger partial charge in [-0.3, -0.25) is 4.79 Å². The van der Waals surface area contributed by atoms with Crippen LogP contribution in [-0.4, -0.2) is 30.9 Å². The zero-order chi connectivity index (χ0) is 18.4. The summed E-state index contributed by atoms with van der Waals surface area (Å²) in [5, 5.41) is 0. The second-order valence-electron chi connectivity index (χ2n) is 6.64. The Morgan fingerprint density at radius 1 is 1.40 bits per heavy atom. The third-order valence-corrected chi connectivity index (χ3v) is 4.34. The van der Waals surface area contributed by atoms with Gasteiger partial charge in [-0.2, -0.15) is 0 Å². The molecular weight excluding hydrogens is 320 g/mol. The smallest absolute Gasteiger partial charge is 0.334 e. The molecule has 1 heterocycles. The highest BCUT2D eigenvalue weighted by molar-refractivity contribution is 5.91. The van der Waals surface area contributed by atoms with Crippen molar-refractivity contribution in [2.24, 2.45) is 5.92 Å². The minimum atomic E-state index is -0.399. The van der Waals surface area contributed by atoms with E-state index in [0.717, 1.165) is 17.4 Å². The predicted molar refractivity (Wildman–Crippen MR) is 93.6 cm³/mol. The van der Waals surface area contributed by atoms with E-state index >= 15 is 0 Å². The first-order valence-corrected chi connectivity index (χ1v) is 8.44. The first-order chi connectivity index (χ1) is 11.9. The number of ether oxygens (including phenoxy) is 2. The molecule has 0 saturated carbocycles. The van der Waals surface area contributed by atoms with Crippen LogP contribution in [0.4, 0.5) is 0 Å². The molecule has 134 valence electrons. The Hall–Kier alpha value is -2.43. The van der Waals surface area contributed by atoms with Gasteiger partial charge in [-0.15, -0.1) is 0 Å². The molecule has 2 rings (SSSR count). The summed E-state index contributed by atoms with van der Waals surface area (Å²) in [7, 11) is 0. The van der Waals surface area contributed by atoms with Crippen molar-refractivity contribution in [1.82, 2.24) is 0 Å². The molecule has 1 fully saturated rings. The number of fused-ring (bicyclic) bond motifs is 1. The van der Waals surface area contributed by atoms with Gasteiger partial charge in [0.1, 0.15) is 19.0 Å². The molecule has 2 aliphatic rings. The number of carbonyl (C=O) groups is 3. The number of aldehydes is 1. The molecule has 0 unspecified atom stereocenters. The maximum absolute atomic E-state index is 11.8. The summed E-state index contributed by atoms with van der Waals surface area (Å²) in [4.78, 5) is 34.7. The fourth-order valence-electron chi connectivity index (χ4n) is 2.97.